The maximum absolute atomic E-state index is 12.6. The van der Waals surface area contributed by atoms with E-state index in [1.807, 2.05) is 50.3 Å². The zero-order chi connectivity index (χ0) is 19.8. The fraction of sp³-hybridized carbons (Fsp3) is 0.381. The number of benzene rings is 1. The summed E-state index contributed by atoms with van der Waals surface area (Å²) in [6.45, 7) is 3.53. The van der Waals surface area contributed by atoms with Gasteiger partial charge in [-0.3, -0.25) is 0 Å². The van der Waals surface area contributed by atoms with Crippen molar-refractivity contribution in [2.75, 3.05) is 32.5 Å². The average Bonchev–Trinajstić information content (AvgIpc) is 3.30. The summed E-state index contributed by atoms with van der Waals surface area (Å²) < 4.78 is 0. The highest BCUT2D eigenvalue weighted by atomic mass is 35.5. The van der Waals surface area contributed by atoms with Gasteiger partial charge in [-0.15, -0.1) is 0 Å². The number of fused-ring (bicyclic) bond motifs is 1. The van der Waals surface area contributed by atoms with Crippen LogP contribution >= 0.6 is 11.6 Å². The number of carbonyl (C=O) groups excluding carboxylic acids is 1. The number of amides is 2. The highest BCUT2D eigenvalue weighted by Gasteiger charge is 2.27. The molecule has 146 valence electrons. The number of aromatic nitrogens is 1. The van der Waals surface area contributed by atoms with Crippen LogP contribution in [0.15, 0.2) is 35.5 Å². The number of likely N-dealkylation sites (tertiary alicyclic amines) is 1. The van der Waals surface area contributed by atoms with Gasteiger partial charge in [0.2, 0.25) is 0 Å². The molecule has 1 fully saturated rings. The molecular weight excluding hydrogens is 374 g/mol. The molecule has 1 aromatic carbocycles. The Labute approximate surface area is 170 Å². The number of aliphatic imine (C=N–C) groups is 1. The SMILES string of the molecule is Cc1cnc2c(c1)CC(c1cc(NC(=O)N3CCC(N(C)C)C3)ccc1Cl)=N2. The highest BCUT2D eigenvalue weighted by Crippen LogP contribution is 2.31. The lowest BCUT2D eigenvalue weighted by atomic mass is 10.0. The van der Waals surface area contributed by atoms with Crippen LogP contribution in [0.1, 0.15) is 23.1 Å². The van der Waals surface area contributed by atoms with Gasteiger partial charge in [0, 0.05) is 53.6 Å². The number of carbonyl (C=O) groups is 1. The first-order valence-corrected chi connectivity index (χ1v) is 9.84. The summed E-state index contributed by atoms with van der Waals surface area (Å²) in [5.41, 5.74) is 4.66. The van der Waals surface area contributed by atoms with Crippen molar-refractivity contribution in [1.29, 1.82) is 0 Å². The van der Waals surface area contributed by atoms with Gasteiger partial charge < -0.3 is 15.1 Å². The predicted molar refractivity (Wildman–Crippen MR) is 113 cm³/mol. The third-order valence-corrected chi connectivity index (χ3v) is 5.72. The summed E-state index contributed by atoms with van der Waals surface area (Å²) in [6.07, 6.45) is 3.51. The molecule has 1 N–H and O–H groups in total. The van der Waals surface area contributed by atoms with E-state index in [1.165, 1.54) is 0 Å². The van der Waals surface area contributed by atoms with Crippen molar-refractivity contribution >= 4 is 34.8 Å². The highest BCUT2D eigenvalue weighted by molar-refractivity contribution is 6.34. The lowest BCUT2D eigenvalue weighted by molar-refractivity contribution is 0.216. The number of nitrogens with zero attached hydrogens (tertiary/aromatic N) is 4. The van der Waals surface area contributed by atoms with Gasteiger partial charge in [-0.25, -0.2) is 14.8 Å². The van der Waals surface area contributed by atoms with Crippen LogP contribution < -0.4 is 5.32 Å². The molecule has 2 aliphatic heterocycles. The van der Waals surface area contributed by atoms with Gasteiger partial charge in [0.15, 0.2) is 5.82 Å². The number of anilines is 1. The summed E-state index contributed by atoms with van der Waals surface area (Å²) in [7, 11) is 4.10. The van der Waals surface area contributed by atoms with E-state index in [0.717, 1.165) is 53.4 Å². The lowest BCUT2D eigenvalue weighted by Gasteiger charge is -2.21. The normalized spacial score (nSPS) is 18.4. The minimum atomic E-state index is -0.0773. The van der Waals surface area contributed by atoms with E-state index >= 15 is 0 Å². The van der Waals surface area contributed by atoms with Crippen molar-refractivity contribution in [1.82, 2.24) is 14.8 Å². The molecule has 2 amide bonds. The second-order valence-corrected chi connectivity index (χ2v) is 8.11. The van der Waals surface area contributed by atoms with Gasteiger partial charge in [-0.2, -0.15) is 0 Å². The van der Waals surface area contributed by atoms with Crippen LogP contribution in [0.25, 0.3) is 0 Å². The monoisotopic (exact) mass is 397 g/mol. The van der Waals surface area contributed by atoms with Gasteiger partial charge in [-0.1, -0.05) is 17.7 Å². The Kier molecular flexibility index (Phi) is 5.08. The third kappa shape index (κ3) is 3.75. The number of rotatable bonds is 3. The van der Waals surface area contributed by atoms with Crippen molar-refractivity contribution in [3.63, 3.8) is 0 Å². The molecule has 28 heavy (non-hydrogen) atoms. The molecule has 0 saturated carbocycles. The molecule has 1 saturated heterocycles. The zero-order valence-electron chi connectivity index (χ0n) is 16.4. The summed E-state index contributed by atoms with van der Waals surface area (Å²) in [5.74, 6) is 0.748. The quantitative estimate of drug-likeness (QED) is 0.854. The number of pyridine rings is 1. The van der Waals surface area contributed by atoms with Crippen LogP contribution in [0.4, 0.5) is 16.3 Å². The predicted octanol–water partition coefficient (Wildman–Crippen LogP) is 3.89. The minimum Gasteiger partial charge on any atom is -0.323 e. The Morgan fingerprint density at radius 1 is 1.32 bits per heavy atom. The van der Waals surface area contributed by atoms with E-state index in [9.17, 15) is 4.79 Å². The molecule has 2 aromatic rings. The maximum atomic E-state index is 12.6. The molecule has 1 unspecified atom stereocenters. The zero-order valence-corrected chi connectivity index (χ0v) is 17.1. The molecule has 1 aromatic heterocycles. The molecule has 2 aliphatic rings. The molecule has 3 heterocycles. The number of hydrogen-bond acceptors (Lipinski definition) is 4. The van der Waals surface area contributed by atoms with Gasteiger partial charge in [0.1, 0.15) is 0 Å². The molecular formula is C21H24ClN5O. The Morgan fingerprint density at radius 3 is 2.89 bits per heavy atom. The van der Waals surface area contributed by atoms with Crippen LogP contribution in [-0.4, -0.2) is 59.8 Å². The molecule has 1 atom stereocenters. The average molecular weight is 398 g/mol. The van der Waals surface area contributed by atoms with Crippen molar-refractivity contribution < 1.29 is 4.79 Å². The molecule has 0 radical (unpaired) electrons. The van der Waals surface area contributed by atoms with Crippen molar-refractivity contribution in [2.24, 2.45) is 4.99 Å². The number of likely N-dealkylation sites (N-methyl/N-ethyl adjacent to an activating group) is 1. The van der Waals surface area contributed by atoms with Crippen molar-refractivity contribution in [3.8, 4) is 0 Å². The largest absolute Gasteiger partial charge is 0.323 e. The van der Waals surface area contributed by atoms with Crippen LogP contribution in [0.5, 0.6) is 0 Å². The number of aryl methyl sites for hydroxylation is 1. The van der Waals surface area contributed by atoms with E-state index in [-0.39, 0.29) is 6.03 Å². The summed E-state index contributed by atoms with van der Waals surface area (Å²) in [6, 6.07) is 7.97. The molecule has 4 rings (SSSR count). The number of nitrogens with one attached hydrogen (secondary N) is 1. The minimum absolute atomic E-state index is 0.0773. The Morgan fingerprint density at radius 2 is 2.14 bits per heavy atom. The number of hydrogen-bond donors (Lipinski definition) is 1. The van der Waals surface area contributed by atoms with E-state index in [1.54, 1.807) is 0 Å². The standard InChI is InChI=1S/C21H24ClN5O/c1-13-8-14-9-19(25-20(14)23-11-13)17-10-15(4-5-18(17)22)24-21(28)27-7-6-16(12-27)26(2)3/h4-5,8,10-11,16H,6-7,9,12H2,1-3H3,(H,24,28). The van der Waals surface area contributed by atoms with E-state index in [2.05, 4.69) is 26.3 Å². The smallest absolute Gasteiger partial charge is 0.321 e. The first kappa shape index (κ1) is 18.9. The van der Waals surface area contributed by atoms with E-state index in [4.69, 9.17) is 11.6 Å². The molecule has 6 nitrogen and oxygen atoms in total. The summed E-state index contributed by atoms with van der Waals surface area (Å²) in [4.78, 5) is 25.7. The second-order valence-electron chi connectivity index (χ2n) is 7.71. The summed E-state index contributed by atoms with van der Waals surface area (Å²) >= 11 is 6.44. The topological polar surface area (TPSA) is 60.8 Å². The van der Waals surface area contributed by atoms with Gasteiger partial charge in [-0.05, 0) is 51.2 Å². The molecule has 0 spiro atoms. The van der Waals surface area contributed by atoms with Crippen LogP contribution in [-0.2, 0) is 6.42 Å². The number of urea groups is 1. The second kappa shape index (κ2) is 7.53. The first-order chi connectivity index (χ1) is 13.4. The van der Waals surface area contributed by atoms with Crippen molar-refractivity contribution in [2.45, 2.75) is 25.8 Å². The van der Waals surface area contributed by atoms with Gasteiger partial charge >= 0.3 is 6.03 Å². The van der Waals surface area contributed by atoms with Crippen LogP contribution in [0.2, 0.25) is 5.02 Å². The number of halogens is 1. The fourth-order valence-electron chi connectivity index (χ4n) is 3.73. The molecule has 0 bridgehead atoms. The third-order valence-electron chi connectivity index (χ3n) is 5.39. The van der Waals surface area contributed by atoms with Gasteiger partial charge in [0.05, 0.1) is 5.71 Å². The van der Waals surface area contributed by atoms with Crippen molar-refractivity contribution in [3.05, 3.63) is 52.2 Å². The molecule has 7 heteroatoms. The summed E-state index contributed by atoms with van der Waals surface area (Å²) in [5, 5.41) is 3.62. The van der Waals surface area contributed by atoms with E-state index < -0.39 is 0 Å². The maximum Gasteiger partial charge on any atom is 0.321 e. The Hall–Kier alpha value is -2.44. The van der Waals surface area contributed by atoms with Crippen LogP contribution in [0, 0.1) is 6.92 Å². The molecule has 0 aliphatic carbocycles. The first-order valence-electron chi connectivity index (χ1n) is 9.46. The Balaban J connectivity index is 1.50. The Bertz CT molecular complexity index is 956. The van der Waals surface area contributed by atoms with Gasteiger partial charge in [0.25, 0.3) is 0 Å². The fourth-order valence-corrected chi connectivity index (χ4v) is 3.96. The van der Waals surface area contributed by atoms with Crippen LogP contribution in [0.3, 0.4) is 0 Å². The van der Waals surface area contributed by atoms with E-state index in [0.29, 0.717) is 17.5 Å². The lowest BCUT2D eigenvalue weighted by Crippen LogP contribution is -2.36.